The molecule has 0 spiro atoms. The van der Waals surface area contributed by atoms with Gasteiger partial charge < -0.3 is 10.3 Å². The van der Waals surface area contributed by atoms with Crippen molar-refractivity contribution in [2.45, 2.75) is 25.6 Å². The van der Waals surface area contributed by atoms with Crippen molar-refractivity contribution in [1.82, 2.24) is 15.3 Å². The van der Waals surface area contributed by atoms with Gasteiger partial charge in [-0.15, -0.1) is 0 Å². The first-order valence-electron chi connectivity index (χ1n) is 4.33. The second-order valence-corrected chi connectivity index (χ2v) is 2.93. The van der Waals surface area contributed by atoms with Crippen molar-refractivity contribution in [1.29, 1.82) is 0 Å². The minimum absolute atomic E-state index is 0.101. The molecule has 3 nitrogen and oxygen atoms in total. The summed E-state index contributed by atoms with van der Waals surface area (Å²) in [6.45, 7) is 0.824. The Bertz CT molecular complexity index is 243. The molecule has 1 aromatic rings. The molecular weight excluding hydrogens is 195 g/mol. The predicted octanol–water partition coefficient (Wildman–Crippen LogP) is 1.84. The summed E-state index contributed by atoms with van der Waals surface area (Å²) in [5.74, 6) is 0.733. The van der Waals surface area contributed by atoms with Gasteiger partial charge in [0.05, 0.1) is 6.54 Å². The Morgan fingerprint density at radius 1 is 1.43 bits per heavy atom. The van der Waals surface area contributed by atoms with Crippen LogP contribution in [0.2, 0.25) is 0 Å². The highest BCUT2D eigenvalue weighted by atomic mass is 19.4. The molecule has 14 heavy (non-hydrogen) atoms. The first-order chi connectivity index (χ1) is 6.58. The molecule has 6 heteroatoms. The summed E-state index contributed by atoms with van der Waals surface area (Å²) in [6.07, 6.45) is -1.41. The monoisotopic (exact) mass is 207 g/mol. The first-order valence-corrected chi connectivity index (χ1v) is 4.33. The van der Waals surface area contributed by atoms with Gasteiger partial charge in [0.1, 0.15) is 5.82 Å². The summed E-state index contributed by atoms with van der Waals surface area (Å²) < 4.78 is 35.1. The molecule has 2 N–H and O–H groups in total. The normalized spacial score (nSPS) is 11.9. The number of hydrogen-bond acceptors (Lipinski definition) is 2. The molecule has 0 unspecified atom stereocenters. The molecule has 1 aromatic heterocycles. The van der Waals surface area contributed by atoms with Gasteiger partial charge in [0, 0.05) is 18.8 Å². The summed E-state index contributed by atoms with van der Waals surface area (Å²) in [6, 6.07) is 0. The van der Waals surface area contributed by atoms with Gasteiger partial charge in [-0.05, 0) is 13.0 Å². The molecule has 0 radical (unpaired) electrons. The van der Waals surface area contributed by atoms with Crippen LogP contribution in [0.4, 0.5) is 13.2 Å². The number of alkyl halides is 3. The smallest absolute Gasteiger partial charge is 0.348 e. The molecule has 0 aliphatic carbocycles. The second kappa shape index (κ2) is 4.99. The van der Waals surface area contributed by atoms with Gasteiger partial charge in [-0.25, -0.2) is 4.98 Å². The number of hydrogen-bond donors (Lipinski definition) is 2. The first kappa shape index (κ1) is 11.0. The zero-order valence-corrected chi connectivity index (χ0v) is 7.56. The number of aromatic amines is 1. The van der Waals surface area contributed by atoms with Crippen molar-refractivity contribution < 1.29 is 13.2 Å². The highest BCUT2D eigenvalue weighted by Gasteiger charge is 2.25. The second-order valence-electron chi connectivity index (χ2n) is 2.93. The van der Waals surface area contributed by atoms with Gasteiger partial charge in [-0.1, -0.05) is 0 Å². The minimum Gasteiger partial charge on any atom is -0.348 e. The van der Waals surface area contributed by atoms with Crippen molar-refractivity contribution >= 4 is 0 Å². The Hall–Kier alpha value is -1.04. The van der Waals surface area contributed by atoms with Crippen LogP contribution in [-0.4, -0.2) is 22.7 Å². The fourth-order valence-electron chi connectivity index (χ4n) is 1.02. The molecule has 1 rings (SSSR count). The van der Waals surface area contributed by atoms with E-state index in [-0.39, 0.29) is 6.42 Å². The molecular formula is C8H12F3N3. The third kappa shape index (κ3) is 4.86. The zero-order chi connectivity index (χ0) is 10.4. The van der Waals surface area contributed by atoms with Gasteiger partial charge in [0.15, 0.2) is 0 Å². The van der Waals surface area contributed by atoms with Crippen LogP contribution in [0, 0.1) is 0 Å². The van der Waals surface area contributed by atoms with Crippen LogP contribution in [0.25, 0.3) is 0 Å². The van der Waals surface area contributed by atoms with Crippen LogP contribution in [0.3, 0.4) is 0 Å². The van der Waals surface area contributed by atoms with E-state index in [1.165, 1.54) is 0 Å². The van der Waals surface area contributed by atoms with Gasteiger partial charge in [0.2, 0.25) is 0 Å². The van der Waals surface area contributed by atoms with E-state index < -0.39 is 12.6 Å². The van der Waals surface area contributed by atoms with Gasteiger partial charge in [0.25, 0.3) is 0 Å². The van der Waals surface area contributed by atoms with E-state index in [9.17, 15) is 13.2 Å². The minimum atomic E-state index is -4.05. The van der Waals surface area contributed by atoms with Crippen LogP contribution >= 0.6 is 0 Å². The fourth-order valence-corrected chi connectivity index (χ4v) is 1.02. The maximum atomic E-state index is 11.7. The van der Waals surface area contributed by atoms with E-state index in [2.05, 4.69) is 15.3 Å². The van der Waals surface area contributed by atoms with E-state index in [0.717, 1.165) is 5.82 Å². The number of H-pyrrole nitrogens is 1. The lowest BCUT2D eigenvalue weighted by molar-refractivity contribution is -0.135. The summed E-state index contributed by atoms with van der Waals surface area (Å²) in [4.78, 5) is 6.77. The highest BCUT2D eigenvalue weighted by molar-refractivity contribution is 4.85. The Kier molecular flexibility index (Phi) is 3.94. The molecule has 0 aliphatic rings. The number of aromatic nitrogens is 2. The van der Waals surface area contributed by atoms with E-state index in [0.29, 0.717) is 13.1 Å². The zero-order valence-electron chi connectivity index (χ0n) is 7.56. The number of imidazole rings is 1. The standard InChI is InChI=1S/C8H12F3N3/c9-8(10,11)2-1-3-12-6-7-13-4-5-14-7/h4-5,12H,1-3,6H2,(H,13,14). The molecule has 0 atom stereocenters. The van der Waals surface area contributed by atoms with Crippen LogP contribution < -0.4 is 5.32 Å². The van der Waals surface area contributed by atoms with E-state index in [4.69, 9.17) is 0 Å². The molecule has 0 fully saturated rings. The summed E-state index contributed by atoms with van der Waals surface area (Å²) in [5.41, 5.74) is 0. The van der Waals surface area contributed by atoms with Crippen LogP contribution in [-0.2, 0) is 6.54 Å². The Morgan fingerprint density at radius 3 is 2.79 bits per heavy atom. The SMILES string of the molecule is FC(F)(F)CCCNCc1ncc[nH]1. The Balaban J connectivity index is 2.00. The molecule has 0 amide bonds. The Morgan fingerprint density at radius 2 is 2.21 bits per heavy atom. The van der Waals surface area contributed by atoms with Crippen molar-refractivity contribution in [3.8, 4) is 0 Å². The van der Waals surface area contributed by atoms with Crippen molar-refractivity contribution in [2.24, 2.45) is 0 Å². The quantitative estimate of drug-likeness (QED) is 0.723. The third-order valence-corrected chi connectivity index (χ3v) is 1.66. The fraction of sp³-hybridized carbons (Fsp3) is 0.625. The lowest BCUT2D eigenvalue weighted by Gasteiger charge is -2.05. The number of nitrogens with one attached hydrogen (secondary N) is 2. The van der Waals surface area contributed by atoms with E-state index in [1.807, 2.05) is 0 Å². The third-order valence-electron chi connectivity index (χ3n) is 1.66. The maximum absolute atomic E-state index is 11.7. The van der Waals surface area contributed by atoms with Gasteiger partial charge in [-0.3, -0.25) is 0 Å². The summed E-state index contributed by atoms with van der Waals surface area (Å²) in [5, 5.41) is 2.87. The molecule has 80 valence electrons. The number of rotatable bonds is 5. The van der Waals surface area contributed by atoms with E-state index >= 15 is 0 Å². The lowest BCUT2D eigenvalue weighted by Crippen LogP contribution is -2.18. The predicted molar refractivity (Wildman–Crippen MR) is 45.6 cm³/mol. The summed E-state index contributed by atoms with van der Waals surface area (Å²) >= 11 is 0. The van der Waals surface area contributed by atoms with Crippen molar-refractivity contribution in [2.75, 3.05) is 6.54 Å². The van der Waals surface area contributed by atoms with Gasteiger partial charge in [-0.2, -0.15) is 13.2 Å². The summed E-state index contributed by atoms with van der Waals surface area (Å²) in [7, 11) is 0. The Labute approximate surface area is 79.7 Å². The largest absolute Gasteiger partial charge is 0.389 e. The average molecular weight is 207 g/mol. The van der Waals surface area contributed by atoms with Crippen LogP contribution in [0.15, 0.2) is 12.4 Å². The average Bonchev–Trinajstić information content (AvgIpc) is 2.54. The number of nitrogens with zero attached hydrogens (tertiary/aromatic N) is 1. The van der Waals surface area contributed by atoms with Crippen LogP contribution in [0.1, 0.15) is 18.7 Å². The molecule has 0 saturated carbocycles. The number of halogens is 3. The topological polar surface area (TPSA) is 40.7 Å². The van der Waals surface area contributed by atoms with Gasteiger partial charge >= 0.3 is 6.18 Å². The molecule has 1 heterocycles. The highest BCUT2D eigenvalue weighted by Crippen LogP contribution is 2.20. The molecule has 0 aromatic carbocycles. The molecule has 0 aliphatic heterocycles. The van der Waals surface area contributed by atoms with E-state index in [1.54, 1.807) is 12.4 Å². The maximum Gasteiger partial charge on any atom is 0.389 e. The van der Waals surface area contributed by atoms with Crippen molar-refractivity contribution in [3.05, 3.63) is 18.2 Å². The molecule has 0 saturated heterocycles. The molecule has 0 bridgehead atoms. The van der Waals surface area contributed by atoms with Crippen LogP contribution in [0.5, 0.6) is 0 Å². The van der Waals surface area contributed by atoms with Crippen molar-refractivity contribution in [3.63, 3.8) is 0 Å². The lowest BCUT2D eigenvalue weighted by atomic mass is 10.3.